The van der Waals surface area contributed by atoms with Crippen LogP contribution < -0.4 is 11.3 Å². The van der Waals surface area contributed by atoms with Crippen LogP contribution >= 0.6 is 18.8 Å². The molecule has 164 valence electrons. The van der Waals surface area contributed by atoms with Gasteiger partial charge in [-0.2, -0.15) is 9.97 Å². The lowest BCUT2D eigenvalue weighted by Gasteiger charge is -2.26. The van der Waals surface area contributed by atoms with Crippen LogP contribution in [0.5, 0.6) is 0 Å². The van der Waals surface area contributed by atoms with Crippen LogP contribution in [0.15, 0.2) is 39.1 Å². The van der Waals surface area contributed by atoms with E-state index >= 15 is 0 Å². The lowest BCUT2D eigenvalue weighted by molar-refractivity contribution is -0.0558. The maximum absolute atomic E-state index is 13.4. The average Bonchev–Trinajstić information content (AvgIpc) is 3.26. The molecule has 0 radical (unpaired) electrons. The number of halogens is 1. The summed E-state index contributed by atoms with van der Waals surface area (Å²) in [6.45, 7) is 0.147. The summed E-state index contributed by atoms with van der Waals surface area (Å²) >= 11 is 9.16. The molecule has 5 rings (SSSR count). The maximum Gasteiger partial charge on any atom is 0.333 e. The highest BCUT2D eigenvalue weighted by Crippen LogP contribution is 2.44. The van der Waals surface area contributed by atoms with Crippen LogP contribution in [0, 0.1) is 0 Å². The minimum atomic E-state index is -1.94. The smallest absolute Gasteiger partial charge is 0.333 e. The van der Waals surface area contributed by atoms with Crippen LogP contribution in [0.3, 0.4) is 0 Å². The second-order valence-corrected chi connectivity index (χ2v) is 10.6. The summed E-state index contributed by atoms with van der Waals surface area (Å²) in [6, 6.07) is 6.31. The highest BCUT2D eigenvalue weighted by atomic mass is 35.5. The van der Waals surface area contributed by atoms with Crippen molar-refractivity contribution >= 4 is 58.8 Å². The molecule has 0 amide bonds. The zero-order chi connectivity index (χ0) is 21.9. The first kappa shape index (κ1) is 21.3. The number of aliphatic hydroxyl groups excluding tert-OH is 1. The highest BCUT2D eigenvalue weighted by Gasteiger charge is 2.50. The van der Waals surface area contributed by atoms with E-state index in [0.717, 1.165) is 0 Å². The molecule has 2 saturated heterocycles. The van der Waals surface area contributed by atoms with Crippen molar-refractivity contribution in [3.63, 3.8) is 0 Å². The van der Waals surface area contributed by atoms with Gasteiger partial charge in [0, 0.05) is 5.02 Å². The van der Waals surface area contributed by atoms with Crippen molar-refractivity contribution in [1.29, 1.82) is 0 Å². The van der Waals surface area contributed by atoms with Crippen LogP contribution in [0.25, 0.3) is 11.2 Å². The summed E-state index contributed by atoms with van der Waals surface area (Å²) in [5.74, 6) is -0.164. The minimum absolute atomic E-state index is 0.0195. The van der Waals surface area contributed by atoms with E-state index in [1.165, 1.54) is 4.57 Å². The van der Waals surface area contributed by atoms with Gasteiger partial charge in [0.25, 0.3) is 5.56 Å². The summed E-state index contributed by atoms with van der Waals surface area (Å²) < 4.78 is 31.6. The molecular weight excluding hydrogens is 489 g/mol. The van der Waals surface area contributed by atoms with Crippen LogP contribution in [0.1, 0.15) is 6.23 Å². The molecule has 6 atom stereocenters. The summed E-state index contributed by atoms with van der Waals surface area (Å²) in [4.78, 5) is 23.6. The number of fused-ring (bicyclic) bond motifs is 2. The second-order valence-electron chi connectivity index (χ2n) is 6.81. The number of benzene rings is 1. The monoisotopic (exact) mass is 503 g/mol. The number of nitrogens with two attached hydrogens (primary N) is 1. The molecule has 4 N–H and O–H groups in total. The van der Waals surface area contributed by atoms with E-state index in [2.05, 4.69) is 15.0 Å². The molecule has 4 unspecified atom stereocenters. The first-order valence-electron chi connectivity index (χ1n) is 8.95. The Bertz CT molecular complexity index is 1240. The fourth-order valence-corrected chi connectivity index (χ4v) is 6.20. The summed E-state index contributed by atoms with van der Waals surface area (Å²) in [7, 11) is -1.94. The Morgan fingerprint density at radius 1 is 1.39 bits per heavy atom. The predicted octanol–water partition coefficient (Wildman–Crippen LogP) is 0.702. The lowest BCUT2D eigenvalue weighted by Crippen LogP contribution is -2.37. The molecule has 2 aliphatic heterocycles. The molecule has 1 aromatic carbocycles. The molecule has 2 aromatic heterocycles. The first-order valence-corrected chi connectivity index (χ1v) is 12.9. The normalized spacial score (nSPS) is 29.2. The van der Waals surface area contributed by atoms with Crippen LogP contribution in [-0.2, 0) is 36.8 Å². The zero-order valence-electron chi connectivity index (χ0n) is 15.4. The number of nitrogens with zero attached hydrogens (tertiary/aromatic N) is 3. The Morgan fingerprint density at radius 2 is 2.13 bits per heavy atom. The fraction of sp³-hybridized carbons (Fsp3) is 0.312. The molecule has 3 aromatic rings. The van der Waals surface area contributed by atoms with Gasteiger partial charge >= 0.3 is 5.16 Å². The Kier molecular flexibility index (Phi) is 5.57. The standard InChI is InChI=1S/C16H15ClN5O6PS2/c17-6-1-3-7(4-2-6)31(25)16-19-9-12(20-15(18)21-13(9)24)22(16)14-10(23)11-8(27-14)5-26-29(30)28-11/h1-4,8,10-11,14,23,29H,5H2,(H3,18,20,21,24)/t8?,10?,11-,14-,31?/m1/s1. The van der Waals surface area contributed by atoms with E-state index in [1.807, 2.05) is 0 Å². The molecule has 15 heteroatoms. The number of imidazole rings is 1. The number of H-pyrrole nitrogens is 1. The number of hydrogen-bond donors (Lipinski definition) is 3. The summed E-state index contributed by atoms with van der Waals surface area (Å²) in [6.07, 6.45) is -3.65. The van der Waals surface area contributed by atoms with Crippen molar-refractivity contribution < 1.29 is 23.4 Å². The van der Waals surface area contributed by atoms with Crippen molar-refractivity contribution in [2.75, 3.05) is 12.3 Å². The van der Waals surface area contributed by atoms with Gasteiger partial charge < -0.3 is 29.2 Å². The topological polar surface area (TPSA) is 161 Å². The van der Waals surface area contributed by atoms with Gasteiger partial charge in [-0.15, -0.1) is 0 Å². The zero-order valence-corrected chi connectivity index (χ0v) is 18.8. The van der Waals surface area contributed by atoms with E-state index in [0.29, 0.717) is 9.92 Å². The Hall–Kier alpha value is -1.54. The third kappa shape index (κ3) is 3.69. The number of rotatable bonds is 3. The van der Waals surface area contributed by atoms with Crippen LogP contribution in [0.4, 0.5) is 5.95 Å². The first-order chi connectivity index (χ1) is 14.8. The van der Waals surface area contributed by atoms with Gasteiger partial charge in [-0.25, -0.2) is 4.57 Å². The van der Waals surface area contributed by atoms with Crippen LogP contribution in [0.2, 0.25) is 5.02 Å². The molecule has 11 nitrogen and oxygen atoms in total. The summed E-state index contributed by atoms with van der Waals surface area (Å²) in [5.41, 5.74) is 5.03. The number of anilines is 1. The largest absolute Gasteiger partial charge is 0.604 e. The quantitative estimate of drug-likeness (QED) is 0.343. The van der Waals surface area contributed by atoms with E-state index in [-0.39, 0.29) is 28.9 Å². The second kappa shape index (κ2) is 8.10. The number of nitrogen functional groups attached to an aromatic ring is 1. The van der Waals surface area contributed by atoms with Gasteiger partial charge in [-0.05, 0) is 36.1 Å². The molecule has 2 aliphatic rings. The summed E-state index contributed by atoms with van der Waals surface area (Å²) in [5, 5.41) is 11.4. The highest BCUT2D eigenvalue weighted by molar-refractivity contribution is 8.00. The van der Waals surface area contributed by atoms with Crippen molar-refractivity contribution in [2.45, 2.75) is 34.6 Å². The van der Waals surface area contributed by atoms with Gasteiger partial charge in [-0.3, -0.25) is 9.78 Å². The fourth-order valence-electron chi connectivity index (χ4n) is 3.51. The predicted molar refractivity (Wildman–Crippen MR) is 115 cm³/mol. The number of hydrogen-bond acceptors (Lipinski definition) is 10. The number of nitrogens with one attached hydrogen (secondary N) is 1. The van der Waals surface area contributed by atoms with Crippen molar-refractivity contribution in [2.24, 2.45) is 0 Å². The van der Waals surface area contributed by atoms with Crippen molar-refractivity contribution in [1.82, 2.24) is 19.5 Å². The van der Waals surface area contributed by atoms with E-state index in [1.54, 1.807) is 24.3 Å². The molecule has 31 heavy (non-hydrogen) atoms. The Labute approximate surface area is 188 Å². The number of aromatic nitrogens is 4. The molecular formula is C16H15ClN5O6PS2. The molecule has 0 saturated carbocycles. The van der Waals surface area contributed by atoms with E-state index in [4.69, 9.17) is 42.9 Å². The molecule has 0 bridgehead atoms. The molecule has 0 aliphatic carbocycles. The van der Waals surface area contributed by atoms with Crippen LogP contribution in [-0.4, -0.2) is 54.1 Å². The van der Waals surface area contributed by atoms with Crippen molar-refractivity contribution in [3.8, 4) is 0 Å². The molecule has 4 heterocycles. The number of aliphatic hydroxyl groups is 1. The number of ether oxygens (including phenoxy) is 1. The van der Waals surface area contributed by atoms with Gasteiger partial charge in [0.05, 0.1) is 17.8 Å². The maximum atomic E-state index is 13.4. The SMILES string of the molecule is Nc1nc2c(nc([S+]([O-])c3ccc(Cl)cc3)n2[C@@H]2OC3CO[PH](=S)O[C@H]3C2O)c(=O)[nH]1. The molecule has 0 spiro atoms. The molecule has 2 fully saturated rings. The lowest BCUT2D eigenvalue weighted by atomic mass is 10.1. The third-order valence-electron chi connectivity index (χ3n) is 4.89. The minimum Gasteiger partial charge on any atom is -0.604 e. The van der Waals surface area contributed by atoms with Gasteiger partial charge in [0.1, 0.15) is 18.3 Å². The van der Waals surface area contributed by atoms with E-state index in [9.17, 15) is 14.5 Å². The van der Waals surface area contributed by atoms with Gasteiger partial charge in [0.2, 0.25) is 5.95 Å². The van der Waals surface area contributed by atoms with Gasteiger partial charge in [0.15, 0.2) is 29.4 Å². The number of aromatic amines is 1. The average molecular weight is 504 g/mol. The Balaban J connectivity index is 1.67. The van der Waals surface area contributed by atoms with Gasteiger partial charge in [-0.1, -0.05) is 11.6 Å². The van der Waals surface area contributed by atoms with E-state index < -0.39 is 48.4 Å². The third-order valence-corrected chi connectivity index (χ3v) is 7.97. The van der Waals surface area contributed by atoms with Crippen molar-refractivity contribution in [3.05, 3.63) is 39.6 Å². The Morgan fingerprint density at radius 3 is 2.87 bits per heavy atom.